The molecule has 0 radical (unpaired) electrons. The summed E-state index contributed by atoms with van der Waals surface area (Å²) in [4.78, 5) is 18.4. The van der Waals surface area contributed by atoms with Crippen LogP contribution in [-0.4, -0.2) is 21.0 Å². The Kier molecular flexibility index (Phi) is 2.34. The average Bonchev–Trinajstić information content (AvgIpc) is 2.85. The molecular weight excluding hydrogens is 228 g/mol. The first-order valence-corrected chi connectivity index (χ1v) is 5.52. The summed E-state index contributed by atoms with van der Waals surface area (Å²) in [7, 11) is 0. The van der Waals surface area contributed by atoms with Crippen molar-refractivity contribution in [3.8, 4) is 11.1 Å². The van der Waals surface area contributed by atoms with Crippen molar-refractivity contribution in [1.82, 2.24) is 9.97 Å². The zero-order valence-electron chi connectivity index (χ0n) is 9.42. The van der Waals surface area contributed by atoms with Crippen molar-refractivity contribution >= 4 is 17.0 Å². The van der Waals surface area contributed by atoms with E-state index in [-0.39, 0.29) is 5.69 Å². The lowest BCUT2D eigenvalue weighted by atomic mass is 10.0. The van der Waals surface area contributed by atoms with E-state index in [2.05, 4.69) is 9.97 Å². The number of nitrogens with zero attached hydrogens (tertiary/aromatic N) is 1. The van der Waals surface area contributed by atoms with Gasteiger partial charge in [0.1, 0.15) is 5.65 Å². The number of carboxylic acid groups (broad SMARTS) is 1. The van der Waals surface area contributed by atoms with Gasteiger partial charge in [-0.15, -0.1) is 0 Å². The number of hydrogen-bond acceptors (Lipinski definition) is 2. The second-order valence-corrected chi connectivity index (χ2v) is 3.97. The van der Waals surface area contributed by atoms with Gasteiger partial charge in [-0.05, 0) is 17.7 Å². The fourth-order valence-electron chi connectivity index (χ4n) is 1.98. The molecule has 4 heteroatoms. The van der Waals surface area contributed by atoms with Gasteiger partial charge in [-0.1, -0.05) is 30.3 Å². The number of benzene rings is 1. The van der Waals surface area contributed by atoms with Gasteiger partial charge in [0.05, 0.1) is 0 Å². The number of aromatic carboxylic acids is 1. The molecule has 0 bridgehead atoms. The Morgan fingerprint density at radius 3 is 2.67 bits per heavy atom. The number of pyridine rings is 1. The number of nitrogens with one attached hydrogen (secondary N) is 1. The average molecular weight is 238 g/mol. The van der Waals surface area contributed by atoms with Crippen LogP contribution in [0.15, 0.2) is 48.7 Å². The van der Waals surface area contributed by atoms with E-state index < -0.39 is 5.97 Å². The highest BCUT2D eigenvalue weighted by Crippen LogP contribution is 2.26. The van der Waals surface area contributed by atoms with Crippen molar-refractivity contribution in [2.75, 3.05) is 0 Å². The van der Waals surface area contributed by atoms with Crippen LogP contribution in [0.25, 0.3) is 22.2 Å². The molecule has 88 valence electrons. The van der Waals surface area contributed by atoms with E-state index in [1.54, 1.807) is 6.20 Å². The maximum absolute atomic E-state index is 11.3. The smallest absolute Gasteiger partial charge is 0.355 e. The number of carbonyl (C=O) groups is 1. The van der Waals surface area contributed by atoms with E-state index in [1.807, 2.05) is 42.5 Å². The van der Waals surface area contributed by atoms with Crippen LogP contribution in [0.5, 0.6) is 0 Å². The minimum Gasteiger partial charge on any atom is -0.476 e. The van der Waals surface area contributed by atoms with Crippen LogP contribution in [0, 0.1) is 0 Å². The Morgan fingerprint density at radius 2 is 1.94 bits per heavy atom. The number of carboxylic acids is 1. The highest BCUT2D eigenvalue weighted by Gasteiger charge is 2.15. The third-order valence-corrected chi connectivity index (χ3v) is 2.82. The van der Waals surface area contributed by atoms with E-state index in [1.165, 1.54) is 0 Å². The van der Waals surface area contributed by atoms with Gasteiger partial charge in [0.25, 0.3) is 0 Å². The zero-order chi connectivity index (χ0) is 12.5. The summed E-state index contributed by atoms with van der Waals surface area (Å²) in [5, 5.41) is 10.1. The quantitative estimate of drug-likeness (QED) is 0.721. The molecule has 0 saturated carbocycles. The SMILES string of the molecule is O=C(O)c1nc2[nH]ccc2cc1-c1ccccc1. The van der Waals surface area contributed by atoms with Crippen molar-refractivity contribution in [3.05, 3.63) is 54.4 Å². The molecule has 0 aliphatic rings. The van der Waals surface area contributed by atoms with Crippen molar-refractivity contribution in [3.63, 3.8) is 0 Å². The van der Waals surface area contributed by atoms with Gasteiger partial charge >= 0.3 is 5.97 Å². The van der Waals surface area contributed by atoms with Gasteiger partial charge in [-0.3, -0.25) is 0 Å². The second kappa shape index (κ2) is 4.00. The highest BCUT2D eigenvalue weighted by molar-refractivity contribution is 5.97. The molecule has 18 heavy (non-hydrogen) atoms. The van der Waals surface area contributed by atoms with E-state index >= 15 is 0 Å². The summed E-state index contributed by atoms with van der Waals surface area (Å²) in [5.41, 5.74) is 2.14. The topological polar surface area (TPSA) is 66.0 Å². The molecule has 3 rings (SSSR count). The molecular formula is C14H10N2O2. The Bertz CT molecular complexity index is 717. The van der Waals surface area contributed by atoms with Crippen LogP contribution in [0.1, 0.15) is 10.5 Å². The predicted molar refractivity (Wildman–Crippen MR) is 68.5 cm³/mol. The first-order chi connectivity index (χ1) is 8.75. The van der Waals surface area contributed by atoms with Crippen molar-refractivity contribution in [2.45, 2.75) is 0 Å². The summed E-state index contributed by atoms with van der Waals surface area (Å²) in [6.45, 7) is 0. The lowest BCUT2D eigenvalue weighted by molar-refractivity contribution is 0.0692. The zero-order valence-corrected chi connectivity index (χ0v) is 9.42. The van der Waals surface area contributed by atoms with Gasteiger partial charge in [-0.25, -0.2) is 9.78 Å². The first kappa shape index (κ1) is 10.5. The molecule has 0 unspecified atom stereocenters. The predicted octanol–water partition coefficient (Wildman–Crippen LogP) is 2.93. The van der Waals surface area contributed by atoms with Gasteiger partial charge in [0.2, 0.25) is 0 Å². The molecule has 0 fully saturated rings. The fourth-order valence-corrected chi connectivity index (χ4v) is 1.98. The number of H-pyrrole nitrogens is 1. The molecule has 0 atom stereocenters. The first-order valence-electron chi connectivity index (χ1n) is 5.52. The number of aromatic amines is 1. The standard InChI is InChI=1S/C14H10N2O2/c17-14(18)12-11(9-4-2-1-3-5-9)8-10-6-7-15-13(10)16-12/h1-8H,(H,15,16)(H,17,18). The van der Waals surface area contributed by atoms with Crippen molar-refractivity contribution in [1.29, 1.82) is 0 Å². The van der Waals surface area contributed by atoms with Crippen LogP contribution >= 0.6 is 0 Å². The third-order valence-electron chi connectivity index (χ3n) is 2.82. The van der Waals surface area contributed by atoms with Crippen molar-refractivity contribution in [2.24, 2.45) is 0 Å². The molecule has 0 aliphatic carbocycles. The van der Waals surface area contributed by atoms with E-state index in [9.17, 15) is 9.90 Å². The minimum absolute atomic E-state index is 0.0659. The maximum Gasteiger partial charge on any atom is 0.355 e. The summed E-state index contributed by atoms with van der Waals surface area (Å²) in [6.07, 6.45) is 1.75. The Labute approximate surface area is 103 Å². The molecule has 0 aliphatic heterocycles. The lowest BCUT2D eigenvalue weighted by Gasteiger charge is -2.05. The van der Waals surface area contributed by atoms with E-state index in [4.69, 9.17) is 0 Å². The largest absolute Gasteiger partial charge is 0.476 e. The number of hydrogen-bond donors (Lipinski definition) is 2. The molecule has 0 spiro atoms. The molecule has 3 aromatic rings. The number of fused-ring (bicyclic) bond motifs is 1. The Morgan fingerprint density at radius 1 is 1.17 bits per heavy atom. The molecule has 0 saturated heterocycles. The summed E-state index contributed by atoms with van der Waals surface area (Å²) >= 11 is 0. The molecule has 4 nitrogen and oxygen atoms in total. The van der Waals surface area contributed by atoms with Gasteiger partial charge < -0.3 is 10.1 Å². The van der Waals surface area contributed by atoms with Crippen molar-refractivity contribution < 1.29 is 9.90 Å². The Balaban J connectivity index is 2.32. The molecule has 2 N–H and O–H groups in total. The van der Waals surface area contributed by atoms with Gasteiger partial charge in [0, 0.05) is 17.1 Å². The lowest BCUT2D eigenvalue weighted by Crippen LogP contribution is -2.03. The number of rotatable bonds is 2. The Hall–Kier alpha value is -2.62. The van der Waals surface area contributed by atoms with Crippen LogP contribution in [0.4, 0.5) is 0 Å². The highest BCUT2D eigenvalue weighted by atomic mass is 16.4. The fraction of sp³-hybridized carbons (Fsp3) is 0. The summed E-state index contributed by atoms with van der Waals surface area (Å²) in [5.74, 6) is -1.02. The second-order valence-electron chi connectivity index (χ2n) is 3.97. The maximum atomic E-state index is 11.3. The third kappa shape index (κ3) is 1.64. The summed E-state index contributed by atoms with van der Waals surface area (Å²) in [6, 6.07) is 13.1. The van der Waals surface area contributed by atoms with E-state index in [0.29, 0.717) is 11.2 Å². The molecule has 1 aromatic carbocycles. The monoisotopic (exact) mass is 238 g/mol. The normalized spacial score (nSPS) is 10.7. The van der Waals surface area contributed by atoms with Crippen LogP contribution in [-0.2, 0) is 0 Å². The van der Waals surface area contributed by atoms with Crippen LogP contribution < -0.4 is 0 Å². The van der Waals surface area contributed by atoms with Gasteiger partial charge in [-0.2, -0.15) is 0 Å². The molecule has 2 heterocycles. The molecule has 2 aromatic heterocycles. The summed E-state index contributed by atoms with van der Waals surface area (Å²) < 4.78 is 0. The van der Waals surface area contributed by atoms with Crippen LogP contribution in [0.2, 0.25) is 0 Å². The molecule has 0 amide bonds. The number of aromatic nitrogens is 2. The van der Waals surface area contributed by atoms with E-state index in [0.717, 1.165) is 10.9 Å². The van der Waals surface area contributed by atoms with Gasteiger partial charge in [0.15, 0.2) is 5.69 Å². The van der Waals surface area contributed by atoms with Crippen LogP contribution in [0.3, 0.4) is 0 Å². The minimum atomic E-state index is -1.02.